The molecule has 0 saturated heterocycles. The lowest BCUT2D eigenvalue weighted by molar-refractivity contribution is 0.305. The molecule has 0 atom stereocenters. The lowest BCUT2D eigenvalue weighted by Gasteiger charge is -2.17. The second-order valence-electron chi connectivity index (χ2n) is 5.60. The van der Waals surface area contributed by atoms with Crippen molar-refractivity contribution in [1.82, 2.24) is 0 Å². The summed E-state index contributed by atoms with van der Waals surface area (Å²) in [6, 6.07) is 3.24. The Kier molecular flexibility index (Phi) is 7.79. The summed E-state index contributed by atoms with van der Waals surface area (Å²) in [5, 5.41) is 8.61. The summed E-state index contributed by atoms with van der Waals surface area (Å²) in [7, 11) is 12.0. The Morgan fingerprint density at radius 2 is 0.700 bits per heavy atom. The minimum Gasteiger partial charge on any atom is -0.493 e. The number of ether oxygens (including phenoxy) is 8. The van der Waals surface area contributed by atoms with Gasteiger partial charge in [0.15, 0.2) is 23.0 Å². The van der Waals surface area contributed by atoms with E-state index in [2.05, 4.69) is 10.2 Å². The van der Waals surface area contributed by atoms with Crippen molar-refractivity contribution in [2.75, 3.05) is 56.9 Å². The molecule has 0 spiro atoms. The zero-order valence-electron chi connectivity index (χ0n) is 18.3. The number of nitrogens with zero attached hydrogens (tertiary/aromatic N) is 2. The maximum atomic E-state index is 5.47. The largest absolute Gasteiger partial charge is 0.493 e. The average Bonchev–Trinajstić information content (AvgIpc) is 2.79. The Hall–Kier alpha value is -3.56. The molecule has 0 aromatic heterocycles. The van der Waals surface area contributed by atoms with Crippen LogP contribution in [-0.2, 0) is 0 Å². The molecule has 0 bridgehead atoms. The Labute approximate surface area is 175 Å². The molecule has 0 heterocycles. The Morgan fingerprint density at radius 3 is 0.933 bits per heavy atom. The summed E-state index contributed by atoms with van der Waals surface area (Å²) in [6.07, 6.45) is 0. The van der Waals surface area contributed by atoms with Crippen molar-refractivity contribution < 1.29 is 37.9 Å². The van der Waals surface area contributed by atoms with Gasteiger partial charge in [0, 0.05) is 12.1 Å². The van der Waals surface area contributed by atoms with Gasteiger partial charge in [-0.3, -0.25) is 0 Å². The van der Waals surface area contributed by atoms with Gasteiger partial charge in [0.1, 0.15) is 11.4 Å². The first kappa shape index (κ1) is 22.7. The summed E-state index contributed by atoms with van der Waals surface area (Å²) >= 11 is 0. The molecule has 2 rings (SSSR count). The van der Waals surface area contributed by atoms with Gasteiger partial charge in [-0.05, 0) is 0 Å². The SMILES string of the molecule is COc1cc(N=Nc2cc(OC)c(OC)c(OC)c2OC)c(OC)c(OC)c1OC. The minimum atomic E-state index is 0.324. The van der Waals surface area contributed by atoms with E-state index in [4.69, 9.17) is 37.9 Å². The topological polar surface area (TPSA) is 98.6 Å². The summed E-state index contributed by atoms with van der Waals surface area (Å²) in [5.41, 5.74) is 0.700. The molecule has 0 fully saturated rings. The first-order valence-corrected chi connectivity index (χ1v) is 8.70. The Bertz CT molecular complexity index is 841. The highest BCUT2D eigenvalue weighted by Gasteiger charge is 2.24. The van der Waals surface area contributed by atoms with E-state index in [1.165, 1.54) is 56.9 Å². The van der Waals surface area contributed by atoms with Crippen LogP contribution in [0.5, 0.6) is 46.0 Å². The summed E-state index contributed by atoms with van der Waals surface area (Å²) in [4.78, 5) is 0. The first-order valence-electron chi connectivity index (χ1n) is 8.70. The molecule has 0 aliphatic rings. The number of methoxy groups -OCH3 is 8. The molecular formula is C20H26N2O8. The van der Waals surface area contributed by atoms with Gasteiger partial charge < -0.3 is 37.9 Å². The Morgan fingerprint density at radius 1 is 0.400 bits per heavy atom. The van der Waals surface area contributed by atoms with Gasteiger partial charge in [-0.1, -0.05) is 0 Å². The lowest BCUT2D eigenvalue weighted by Crippen LogP contribution is -1.98. The van der Waals surface area contributed by atoms with E-state index in [1.54, 1.807) is 12.1 Å². The van der Waals surface area contributed by atoms with Gasteiger partial charge in [-0.15, -0.1) is 10.2 Å². The van der Waals surface area contributed by atoms with Crippen LogP contribution >= 0.6 is 0 Å². The second-order valence-corrected chi connectivity index (χ2v) is 5.60. The number of azo groups is 1. The van der Waals surface area contributed by atoms with Crippen LogP contribution in [-0.4, -0.2) is 56.9 Å². The highest BCUT2D eigenvalue weighted by Crippen LogP contribution is 2.52. The smallest absolute Gasteiger partial charge is 0.209 e. The van der Waals surface area contributed by atoms with Crippen LogP contribution in [0, 0.1) is 0 Å². The molecule has 164 valence electrons. The first-order chi connectivity index (χ1) is 14.5. The summed E-state index contributed by atoms with van der Waals surface area (Å²) in [6.45, 7) is 0. The predicted octanol–water partition coefficient (Wildman–Crippen LogP) is 4.17. The molecule has 2 aromatic rings. The minimum absolute atomic E-state index is 0.324. The highest BCUT2D eigenvalue weighted by molar-refractivity contribution is 5.72. The van der Waals surface area contributed by atoms with Crippen molar-refractivity contribution in [2.45, 2.75) is 0 Å². The van der Waals surface area contributed by atoms with Crippen LogP contribution in [0.15, 0.2) is 22.4 Å². The third-order valence-corrected chi connectivity index (χ3v) is 4.20. The van der Waals surface area contributed by atoms with Crippen LogP contribution in [0.3, 0.4) is 0 Å². The fourth-order valence-corrected chi connectivity index (χ4v) is 2.88. The van der Waals surface area contributed by atoms with E-state index in [-0.39, 0.29) is 0 Å². The van der Waals surface area contributed by atoms with E-state index in [9.17, 15) is 0 Å². The van der Waals surface area contributed by atoms with Crippen molar-refractivity contribution in [2.24, 2.45) is 10.2 Å². The van der Waals surface area contributed by atoms with Crippen LogP contribution in [0.2, 0.25) is 0 Å². The molecule has 10 heteroatoms. The molecule has 10 nitrogen and oxygen atoms in total. The molecule has 0 amide bonds. The van der Waals surface area contributed by atoms with Crippen LogP contribution in [0.1, 0.15) is 0 Å². The van der Waals surface area contributed by atoms with Gasteiger partial charge in [0.05, 0.1) is 56.9 Å². The molecule has 0 radical (unpaired) electrons. The normalized spacial score (nSPS) is 10.5. The standard InChI is InChI=1S/C20H26N2O8/c1-23-13-9-11(15(25-3)19(29-7)17(13)27-5)21-22-12-10-14(24-2)18(28-6)20(30-8)16(12)26-4/h9-10H,1-8H3. The quantitative estimate of drug-likeness (QED) is 0.526. The van der Waals surface area contributed by atoms with Crippen molar-refractivity contribution in [1.29, 1.82) is 0 Å². The number of rotatable bonds is 10. The van der Waals surface area contributed by atoms with Gasteiger partial charge in [-0.25, -0.2) is 0 Å². The van der Waals surface area contributed by atoms with E-state index < -0.39 is 0 Å². The second kappa shape index (κ2) is 10.3. The monoisotopic (exact) mass is 422 g/mol. The van der Waals surface area contributed by atoms with E-state index in [0.29, 0.717) is 57.4 Å². The zero-order valence-corrected chi connectivity index (χ0v) is 18.3. The molecule has 30 heavy (non-hydrogen) atoms. The van der Waals surface area contributed by atoms with Crippen molar-refractivity contribution >= 4 is 11.4 Å². The van der Waals surface area contributed by atoms with Crippen LogP contribution < -0.4 is 37.9 Å². The maximum absolute atomic E-state index is 5.47. The molecule has 0 unspecified atom stereocenters. The van der Waals surface area contributed by atoms with Crippen LogP contribution in [0.4, 0.5) is 11.4 Å². The predicted molar refractivity (Wildman–Crippen MR) is 109 cm³/mol. The molecule has 2 aromatic carbocycles. The average molecular weight is 422 g/mol. The van der Waals surface area contributed by atoms with E-state index >= 15 is 0 Å². The van der Waals surface area contributed by atoms with Crippen molar-refractivity contribution in [3.05, 3.63) is 12.1 Å². The molecule has 0 aliphatic heterocycles. The summed E-state index contributed by atoms with van der Waals surface area (Å²) < 4.78 is 43.3. The third kappa shape index (κ3) is 4.07. The van der Waals surface area contributed by atoms with Gasteiger partial charge >= 0.3 is 0 Å². The number of hydrogen-bond acceptors (Lipinski definition) is 10. The van der Waals surface area contributed by atoms with Crippen LogP contribution in [0.25, 0.3) is 0 Å². The van der Waals surface area contributed by atoms with E-state index in [0.717, 1.165) is 0 Å². The van der Waals surface area contributed by atoms with Gasteiger partial charge in [0.25, 0.3) is 0 Å². The zero-order chi connectivity index (χ0) is 22.3. The highest BCUT2D eigenvalue weighted by atomic mass is 16.6. The fraction of sp³-hybridized carbons (Fsp3) is 0.400. The van der Waals surface area contributed by atoms with Crippen molar-refractivity contribution in [3.8, 4) is 46.0 Å². The van der Waals surface area contributed by atoms with Gasteiger partial charge in [-0.2, -0.15) is 0 Å². The lowest BCUT2D eigenvalue weighted by atomic mass is 10.2. The van der Waals surface area contributed by atoms with Gasteiger partial charge in [0.2, 0.25) is 23.0 Å². The molecule has 0 aliphatic carbocycles. The number of benzene rings is 2. The maximum Gasteiger partial charge on any atom is 0.209 e. The van der Waals surface area contributed by atoms with E-state index in [1.807, 2.05) is 0 Å². The molecule has 0 N–H and O–H groups in total. The Balaban J connectivity index is 2.70. The van der Waals surface area contributed by atoms with Crippen molar-refractivity contribution in [3.63, 3.8) is 0 Å². The molecule has 0 saturated carbocycles. The molecular weight excluding hydrogens is 396 g/mol. The fourth-order valence-electron chi connectivity index (χ4n) is 2.88. The number of hydrogen-bond donors (Lipinski definition) is 0. The summed E-state index contributed by atoms with van der Waals surface area (Å²) in [5.74, 6) is 2.86. The third-order valence-electron chi connectivity index (χ3n) is 4.20.